The van der Waals surface area contributed by atoms with Crippen LogP contribution < -0.4 is 5.32 Å². The Balaban J connectivity index is 1.34. The van der Waals surface area contributed by atoms with Crippen LogP contribution in [0.5, 0.6) is 0 Å². The molecule has 9 heteroatoms. The van der Waals surface area contributed by atoms with Gasteiger partial charge in [-0.25, -0.2) is 13.4 Å². The molecule has 1 saturated heterocycles. The lowest BCUT2D eigenvalue weighted by Gasteiger charge is -2.26. The third-order valence-electron chi connectivity index (χ3n) is 4.71. The highest BCUT2D eigenvalue weighted by Crippen LogP contribution is 2.20. The van der Waals surface area contributed by atoms with E-state index in [1.54, 1.807) is 17.0 Å². The van der Waals surface area contributed by atoms with Gasteiger partial charge in [0, 0.05) is 30.9 Å². The highest BCUT2D eigenvalue weighted by molar-refractivity contribution is 7.91. The molecular formula is C20H20N4O4S. The van der Waals surface area contributed by atoms with Crippen molar-refractivity contribution in [2.24, 2.45) is 0 Å². The summed E-state index contributed by atoms with van der Waals surface area (Å²) in [7, 11) is -3.02. The van der Waals surface area contributed by atoms with Crippen LogP contribution in [0.4, 0.5) is 5.82 Å². The molecule has 1 aromatic carbocycles. The molecule has 3 aromatic rings. The number of carbonyl (C=O) groups excluding carboxylic acids is 1. The molecule has 0 bridgehead atoms. The van der Waals surface area contributed by atoms with Gasteiger partial charge in [-0.3, -0.25) is 4.79 Å². The highest BCUT2D eigenvalue weighted by Gasteiger charge is 2.25. The van der Waals surface area contributed by atoms with E-state index in [1.807, 2.05) is 36.4 Å². The van der Waals surface area contributed by atoms with Crippen LogP contribution in [0.2, 0.25) is 0 Å². The van der Waals surface area contributed by atoms with E-state index in [9.17, 15) is 13.2 Å². The maximum atomic E-state index is 12.5. The summed E-state index contributed by atoms with van der Waals surface area (Å²) in [6, 6.07) is 15.0. The number of aromatic nitrogens is 2. The number of nitrogens with one attached hydrogen (secondary N) is 1. The fraction of sp³-hybridized carbons (Fsp3) is 0.250. The van der Waals surface area contributed by atoms with E-state index >= 15 is 0 Å². The molecule has 1 fully saturated rings. The molecule has 150 valence electrons. The Labute approximate surface area is 168 Å². The molecule has 0 unspecified atom stereocenters. The molecule has 0 atom stereocenters. The number of benzene rings is 1. The molecule has 1 aliphatic rings. The van der Waals surface area contributed by atoms with Crippen molar-refractivity contribution in [2.75, 3.05) is 29.9 Å². The van der Waals surface area contributed by atoms with Gasteiger partial charge >= 0.3 is 0 Å². The monoisotopic (exact) mass is 412 g/mol. The second kappa shape index (κ2) is 8.04. The van der Waals surface area contributed by atoms with Crippen LogP contribution in [-0.4, -0.2) is 54.0 Å². The summed E-state index contributed by atoms with van der Waals surface area (Å²) in [6.45, 7) is 0.870. The molecule has 3 heterocycles. The van der Waals surface area contributed by atoms with Crippen LogP contribution in [0.25, 0.3) is 11.3 Å². The van der Waals surface area contributed by atoms with E-state index in [1.165, 1.54) is 6.20 Å². The Bertz CT molecular complexity index is 1080. The van der Waals surface area contributed by atoms with E-state index in [4.69, 9.17) is 4.52 Å². The van der Waals surface area contributed by atoms with E-state index in [0.29, 0.717) is 23.7 Å². The predicted molar refractivity (Wildman–Crippen MR) is 108 cm³/mol. The van der Waals surface area contributed by atoms with Crippen LogP contribution in [0, 0.1) is 0 Å². The third-order valence-corrected chi connectivity index (χ3v) is 6.32. The lowest BCUT2D eigenvalue weighted by Crippen LogP contribution is -2.43. The van der Waals surface area contributed by atoms with Crippen molar-refractivity contribution in [3.63, 3.8) is 0 Å². The highest BCUT2D eigenvalue weighted by atomic mass is 32.2. The van der Waals surface area contributed by atoms with Crippen molar-refractivity contribution < 1.29 is 17.7 Å². The maximum Gasteiger partial charge on any atom is 0.255 e. The minimum absolute atomic E-state index is 0.00841. The minimum atomic E-state index is -3.02. The standard InChI is InChI=1S/C20H20N4O4S/c25-20(24-8-10-29(26,27)11-9-24)16-6-7-19(21-13-16)22-14-17-12-18(28-23-17)15-4-2-1-3-5-15/h1-7,12-13H,8-11,14H2,(H,21,22). The Hall–Kier alpha value is -3.20. The van der Waals surface area contributed by atoms with Gasteiger partial charge in [-0.1, -0.05) is 35.5 Å². The average Bonchev–Trinajstić information content (AvgIpc) is 3.22. The quantitative estimate of drug-likeness (QED) is 0.685. The van der Waals surface area contributed by atoms with Crippen molar-refractivity contribution in [2.45, 2.75) is 6.54 Å². The summed E-state index contributed by atoms with van der Waals surface area (Å²) in [5, 5.41) is 7.20. The first kappa shape index (κ1) is 19.1. The molecule has 4 rings (SSSR count). The van der Waals surface area contributed by atoms with Gasteiger partial charge in [-0.15, -0.1) is 0 Å². The Morgan fingerprint density at radius 1 is 1.10 bits per heavy atom. The van der Waals surface area contributed by atoms with Crippen molar-refractivity contribution >= 4 is 21.6 Å². The molecule has 0 spiro atoms. The maximum absolute atomic E-state index is 12.5. The molecule has 1 amide bonds. The van der Waals surface area contributed by atoms with Gasteiger partial charge in [0.25, 0.3) is 5.91 Å². The summed E-state index contributed by atoms with van der Waals surface area (Å²) in [4.78, 5) is 18.3. The zero-order valence-electron chi connectivity index (χ0n) is 15.6. The molecule has 0 saturated carbocycles. The third kappa shape index (κ3) is 4.62. The molecule has 1 N–H and O–H groups in total. The first-order valence-electron chi connectivity index (χ1n) is 9.21. The second-order valence-corrected chi connectivity index (χ2v) is 9.08. The number of anilines is 1. The van der Waals surface area contributed by atoms with E-state index in [-0.39, 0.29) is 30.5 Å². The Morgan fingerprint density at radius 3 is 2.55 bits per heavy atom. The summed E-state index contributed by atoms with van der Waals surface area (Å²) in [5.41, 5.74) is 2.13. The van der Waals surface area contributed by atoms with E-state index < -0.39 is 9.84 Å². The second-order valence-electron chi connectivity index (χ2n) is 6.78. The van der Waals surface area contributed by atoms with Crippen LogP contribution >= 0.6 is 0 Å². The molecular weight excluding hydrogens is 392 g/mol. The van der Waals surface area contributed by atoms with Crippen LogP contribution in [-0.2, 0) is 16.4 Å². The summed E-state index contributed by atoms with van der Waals surface area (Å²) in [6.07, 6.45) is 1.49. The lowest BCUT2D eigenvalue weighted by atomic mass is 10.2. The summed E-state index contributed by atoms with van der Waals surface area (Å²) in [5.74, 6) is 1.11. The number of nitrogens with zero attached hydrogens (tertiary/aromatic N) is 3. The van der Waals surface area contributed by atoms with Gasteiger partial charge in [0.1, 0.15) is 11.5 Å². The summed E-state index contributed by atoms with van der Waals surface area (Å²) >= 11 is 0. The molecule has 2 aromatic heterocycles. The van der Waals surface area contributed by atoms with Crippen LogP contribution in [0.15, 0.2) is 59.3 Å². The fourth-order valence-corrected chi connectivity index (χ4v) is 4.24. The summed E-state index contributed by atoms with van der Waals surface area (Å²) < 4.78 is 28.4. The zero-order chi connectivity index (χ0) is 20.3. The molecule has 8 nitrogen and oxygen atoms in total. The molecule has 0 aliphatic carbocycles. The first-order chi connectivity index (χ1) is 14.0. The molecule has 0 radical (unpaired) electrons. The van der Waals surface area contributed by atoms with Gasteiger partial charge in [-0.05, 0) is 12.1 Å². The van der Waals surface area contributed by atoms with Crippen molar-refractivity contribution in [1.82, 2.24) is 15.0 Å². The SMILES string of the molecule is O=C(c1ccc(NCc2cc(-c3ccccc3)on2)nc1)N1CCS(=O)(=O)CC1. The smallest absolute Gasteiger partial charge is 0.255 e. The number of sulfone groups is 1. The van der Waals surface area contributed by atoms with E-state index in [2.05, 4.69) is 15.5 Å². The first-order valence-corrected chi connectivity index (χ1v) is 11.0. The normalized spacial score (nSPS) is 15.8. The van der Waals surface area contributed by atoms with Gasteiger partial charge in [0.2, 0.25) is 0 Å². The van der Waals surface area contributed by atoms with Gasteiger partial charge in [0.15, 0.2) is 15.6 Å². The number of pyridine rings is 1. The van der Waals surface area contributed by atoms with Gasteiger partial charge in [0.05, 0.1) is 23.6 Å². The number of carbonyl (C=O) groups is 1. The van der Waals surface area contributed by atoms with Crippen LogP contribution in [0.3, 0.4) is 0 Å². The van der Waals surface area contributed by atoms with Gasteiger partial charge in [-0.2, -0.15) is 0 Å². The number of hydrogen-bond acceptors (Lipinski definition) is 7. The fourth-order valence-electron chi connectivity index (χ4n) is 3.04. The topological polar surface area (TPSA) is 105 Å². The Kier molecular flexibility index (Phi) is 5.30. The Morgan fingerprint density at radius 2 is 1.86 bits per heavy atom. The van der Waals surface area contributed by atoms with Crippen molar-refractivity contribution in [3.05, 3.63) is 66.0 Å². The average molecular weight is 412 g/mol. The number of rotatable bonds is 5. The van der Waals surface area contributed by atoms with Crippen molar-refractivity contribution in [1.29, 1.82) is 0 Å². The minimum Gasteiger partial charge on any atom is -0.364 e. The van der Waals surface area contributed by atoms with E-state index in [0.717, 1.165) is 11.3 Å². The predicted octanol–water partition coefficient (Wildman–Crippen LogP) is 2.22. The number of hydrogen-bond donors (Lipinski definition) is 1. The van der Waals surface area contributed by atoms with Crippen LogP contribution in [0.1, 0.15) is 16.1 Å². The number of amides is 1. The largest absolute Gasteiger partial charge is 0.364 e. The lowest BCUT2D eigenvalue weighted by molar-refractivity contribution is 0.0770. The van der Waals surface area contributed by atoms with Crippen molar-refractivity contribution in [3.8, 4) is 11.3 Å². The molecule has 1 aliphatic heterocycles. The zero-order valence-corrected chi connectivity index (χ0v) is 16.4. The van der Waals surface area contributed by atoms with Gasteiger partial charge < -0.3 is 14.7 Å². The molecule has 29 heavy (non-hydrogen) atoms.